The minimum absolute atomic E-state index is 0.210. The van der Waals surface area contributed by atoms with Crippen LogP contribution in [0, 0.1) is 0 Å². The Morgan fingerprint density at radius 3 is 2.61 bits per heavy atom. The largest absolute Gasteiger partial charge is 0.343 e. The number of amides is 2. The first kappa shape index (κ1) is 21.3. The number of nitrogens with zero attached hydrogens (tertiary/aromatic N) is 3. The summed E-state index contributed by atoms with van der Waals surface area (Å²) < 4.78 is 2.13. The van der Waals surface area contributed by atoms with E-state index >= 15 is 0 Å². The number of hydrogen-bond acceptors (Lipinski definition) is 5. The Hall–Kier alpha value is -3.52. The standard InChI is InChI=1S/C25H25N5O2S/c1-16(25-26-11-12-33-25)28-24(32)20-13-18(29-23(31)17-7-3-2-4-8-17)14-21-22(20)30(15-27-21)19-9-5-6-10-19/h2-4,7-8,11-16,19H,5-6,9-10H2,1H3,(H,28,32)(H,29,31)/t16-/m1/s1. The molecule has 2 aromatic carbocycles. The van der Waals surface area contributed by atoms with Gasteiger partial charge in [-0.3, -0.25) is 9.59 Å². The fourth-order valence-electron chi connectivity index (χ4n) is 4.45. The third kappa shape index (κ3) is 4.39. The summed E-state index contributed by atoms with van der Waals surface area (Å²) in [6.45, 7) is 1.92. The molecule has 33 heavy (non-hydrogen) atoms. The number of aromatic nitrogens is 3. The van der Waals surface area contributed by atoms with E-state index in [0.29, 0.717) is 28.4 Å². The van der Waals surface area contributed by atoms with E-state index in [2.05, 4.69) is 25.2 Å². The molecule has 1 aliphatic rings. The maximum Gasteiger partial charge on any atom is 0.255 e. The Balaban J connectivity index is 1.52. The van der Waals surface area contributed by atoms with Gasteiger partial charge in [-0.2, -0.15) is 0 Å². The van der Waals surface area contributed by atoms with Gasteiger partial charge in [-0.05, 0) is 44.0 Å². The number of hydrogen-bond donors (Lipinski definition) is 2. The van der Waals surface area contributed by atoms with Gasteiger partial charge in [-0.25, -0.2) is 9.97 Å². The number of anilines is 1. The summed E-state index contributed by atoms with van der Waals surface area (Å²) in [5, 5.41) is 8.73. The lowest BCUT2D eigenvalue weighted by Crippen LogP contribution is -2.27. The number of benzene rings is 2. The van der Waals surface area contributed by atoms with Gasteiger partial charge in [0.05, 0.1) is 29.0 Å². The van der Waals surface area contributed by atoms with Gasteiger partial charge in [0.2, 0.25) is 0 Å². The maximum atomic E-state index is 13.4. The van der Waals surface area contributed by atoms with E-state index in [0.717, 1.165) is 23.4 Å². The van der Waals surface area contributed by atoms with Crippen LogP contribution in [0.2, 0.25) is 0 Å². The summed E-state index contributed by atoms with van der Waals surface area (Å²) in [5.74, 6) is -0.439. The van der Waals surface area contributed by atoms with Gasteiger partial charge in [0, 0.05) is 28.9 Å². The van der Waals surface area contributed by atoms with Crippen LogP contribution in [0.1, 0.15) is 70.4 Å². The first-order valence-electron chi connectivity index (χ1n) is 11.2. The van der Waals surface area contributed by atoms with E-state index in [1.807, 2.05) is 42.9 Å². The molecule has 1 atom stereocenters. The Morgan fingerprint density at radius 1 is 1.09 bits per heavy atom. The molecule has 0 unspecified atom stereocenters. The molecule has 4 aromatic rings. The minimum Gasteiger partial charge on any atom is -0.343 e. The second kappa shape index (κ2) is 9.15. The zero-order valence-electron chi connectivity index (χ0n) is 18.3. The zero-order chi connectivity index (χ0) is 22.8. The van der Waals surface area contributed by atoms with Crippen LogP contribution < -0.4 is 10.6 Å². The fourth-order valence-corrected chi connectivity index (χ4v) is 5.10. The fraction of sp³-hybridized carbons (Fsp3) is 0.280. The van der Waals surface area contributed by atoms with Crippen LogP contribution in [0.5, 0.6) is 0 Å². The molecule has 1 fully saturated rings. The van der Waals surface area contributed by atoms with Gasteiger partial charge in [-0.1, -0.05) is 31.0 Å². The average molecular weight is 460 g/mol. The summed E-state index contributed by atoms with van der Waals surface area (Å²) in [5.41, 5.74) is 3.10. The van der Waals surface area contributed by atoms with Gasteiger partial charge in [0.1, 0.15) is 5.01 Å². The Morgan fingerprint density at radius 2 is 1.88 bits per heavy atom. The van der Waals surface area contributed by atoms with Crippen molar-refractivity contribution in [2.24, 2.45) is 0 Å². The Kier molecular flexibility index (Phi) is 5.92. The van der Waals surface area contributed by atoms with Crippen molar-refractivity contribution in [2.75, 3.05) is 5.32 Å². The third-order valence-electron chi connectivity index (χ3n) is 6.10. The van der Waals surface area contributed by atoms with Crippen molar-refractivity contribution in [3.05, 3.63) is 76.5 Å². The summed E-state index contributed by atoms with van der Waals surface area (Å²) in [4.78, 5) is 35.1. The number of carbonyl (C=O) groups excluding carboxylic acids is 2. The Labute approximate surface area is 195 Å². The number of fused-ring (bicyclic) bond motifs is 1. The van der Waals surface area contributed by atoms with Crippen molar-refractivity contribution in [1.29, 1.82) is 0 Å². The average Bonchev–Trinajstić information content (AvgIpc) is 3.60. The Bertz CT molecular complexity index is 1280. The van der Waals surface area contributed by atoms with Crippen molar-refractivity contribution in [3.63, 3.8) is 0 Å². The normalized spacial score (nSPS) is 14.9. The molecule has 2 aromatic heterocycles. The molecule has 8 heteroatoms. The van der Waals surface area contributed by atoms with Crippen LogP contribution >= 0.6 is 11.3 Å². The number of thiazole rings is 1. The van der Waals surface area contributed by atoms with Crippen molar-refractivity contribution in [1.82, 2.24) is 19.9 Å². The molecule has 1 saturated carbocycles. The highest BCUT2D eigenvalue weighted by Gasteiger charge is 2.24. The molecule has 2 amide bonds. The molecular weight excluding hydrogens is 434 g/mol. The smallest absolute Gasteiger partial charge is 0.255 e. The molecule has 168 valence electrons. The number of imidazole rings is 1. The van der Waals surface area contributed by atoms with Gasteiger partial charge in [-0.15, -0.1) is 11.3 Å². The van der Waals surface area contributed by atoms with Crippen LogP contribution in [-0.4, -0.2) is 26.3 Å². The summed E-state index contributed by atoms with van der Waals surface area (Å²) in [7, 11) is 0. The van der Waals surface area contributed by atoms with Crippen molar-refractivity contribution in [3.8, 4) is 0 Å². The highest BCUT2D eigenvalue weighted by molar-refractivity contribution is 7.09. The molecule has 0 bridgehead atoms. The van der Waals surface area contributed by atoms with Crippen LogP contribution in [-0.2, 0) is 0 Å². The van der Waals surface area contributed by atoms with Gasteiger partial charge < -0.3 is 15.2 Å². The van der Waals surface area contributed by atoms with E-state index < -0.39 is 0 Å². The van der Waals surface area contributed by atoms with Gasteiger partial charge in [0.25, 0.3) is 11.8 Å². The lowest BCUT2D eigenvalue weighted by molar-refractivity contribution is 0.0939. The topological polar surface area (TPSA) is 88.9 Å². The maximum absolute atomic E-state index is 13.4. The molecular formula is C25H25N5O2S. The van der Waals surface area contributed by atoms with E-state index in [4.69, 9.17) is 0 Å². The first-order valence-corrected chi connectivity index (χ1v) is 12.1. The predicted octanol–water partition coefficient (Wildman–Crippen LogP) is 5.35. The zero-order valence-corrected chi connectivity index (χ0v) is 19.1. The van der Waals surface area contributed by atoms with Crippen molar-refractivity contribution < 1.29 is 9.59 Å². The second-order valence-electron chi connectivity index (χ2n) is 8.37. The molecule has 2 heterocycles. The highest BCUT2D eigenvalue weighted by Crippen LogP contribution is 2.34. The molecule has 7 nitrogen and oxygen atoms in total. The van der Waals surface area contributed by atoms with Gasteiger partial charge >= 0.3 is 0 Å². The molecule has 0 radical (unpaired) electrons. The van der Waals surface area contributed by atoms with E-state index in [1.165, 1.54) is 24.2 Å². The molecule has 5 rings (SSSR count). The SMILES string of the molecule is C[C@@H](NC(=O)c1cc(NC(=O)c2ccccc2)cc2ncn(C3CCCC3)c12)c1nccs1. The predicted molar refractivity (Wildman–Crippen MR) is 130 cm³/mol. The summed E-state index contributed by atoms with van der Waals surface area (Å²) in [6, 6.07) is 12.7. The molecule has 2 N–H and O–H groups in total. The molecule has 1 aliphatic carbocycles. The first-order chi connectivity index (χ1) is 16.1. The third-order valence-corrected chi connectivity index (χ3v) is 7.05. The van der Waals surface area contributed by atoms with Crippen LogP contribution in [0.25, 0.3) is 11.0 Å². The lowest BCUT2D eigenvalue weighted by Gasteiger charge is -2.17. The second-order valence-corrected chi connectivity index (χ2v) is 9.29. The number of nitrogens with one attached hydrogen (secondary N) is 2. The van der Waals surface area contributed by atoms with Crippen molar-refractivity contribution in [2.45, 2.75) is 44.7 Å². The summed E-state index contributed by atoms with van der Waals surface area (Å²) in [6.07, 6.45) is 8.07. The molecule has 0 saturated heterocycles. The van der Waals surface area contributed by atoms with Crippen LogP contribution in [0.3, 0.4) is 0 Å². The van der Waals surface area contributed by atoms with E-state index in [1.54, 1.807) is 24.4 Å². The number of carbonyl (C=O) groups is 2. The highest BCUT2D eigenvalue weighted by atomic mass is 32.1. The molecule has 0 aliphatic heterocycles. The quantitative estimate of drug-likeness (QED) is 0.407. The van der Waals surface area contributed by atoms with E-state index in [9.17, 15) is 9.59 Å². The van der Waals surface area contributed by atoms with Crippen molar-refractivity contribution >= 4 is 39.9 Å². The van der Waals surface area contributed by atoms with E-state index in [-0.39, 0.29) is 17.9 Å². The monoisotopic (exact) mass is 459 g/mol. The summed E-state index contributed by atoms with van der Waals surface area (Å²) >= 11 is 1.51. The lowest BCUT2D eigenvalue weighted by atomic mass is 10.1. The number of rotatable bonds is 6. The minimum atomic E-state index is -0.229. The van der Waals surface area contributed by atoms with Gasteiger partial charge in [0.15, 0.2) is 0 Å². The molecule has 0 spiro atoms. The van der Waals surface area contributed by atoms with Crippen LogP contribution in [0.4, 0.5) is 5.69 Å². The van der Waals surface area contributed by atoms with Crippen LogP contribution in [0.15, 0.2) is 60.4 Å².